The van der Waals surface area contributed by atoms with Crippen LogP contribution < -0.4 is 4.31 Å². The molecule has 0 bridgehead atoms. The summed E-state index contributed by atoms with van der Waals surface area (Å²) in [5, 5.41) is 5.01. The van der Waals surface area contributed by atoms with Crippen molar-refractivity contribution in [2.45, 2.75) is 12.5 Å². The van der Waals surface area contributed by atoms with E-state index in [4.69, 9.17) is 0 Å². The molecule has 0 radical (unpaired) electrons. The molecule has 0 aromatic carbocycles. The highest BCUT2D eigenvalue weighted by Crippen LogP contribution is 2.45. The predicted molar refractivity (Wildman–Crippen MR) is 102 cm³/mol. The van der Waals surface area contributed by atoms with Gasteiger partial charge in [-0.15, -0.1) is 11.3 Å². The SMILES string of the molecule is CS(=O)(=O)N1CCC(N=O)c2nc(-c3cnc(-c4cccnc4)s3)sc21. The Morgan fingerprint density at radius 2 is 2.12 bits per heavy atom. The molecule has 0 aliphatic carbocycles. The minimum atomic E-state index is -3.44. The van der Waals surface area contributed by atoms with Crippen LogP contribution in [0.15, 0.2) is 35.9 Å². The molecule has 0 spiro atoms. The van der Waals surface area contributed by atoms with Gasteiger partial charge in [0.25, 0.3) is 0 Å². The van der Waals surface area contributed by atoms with Crippen molar-refractivity contribution in [1.82, 2.24) is 15.0 Å². The van der Waals surface area contributed by atoms with Crippen LogP contribution in [0.2, 0.25) is 0 Å². The molecular formula is C15H13N5O3S3. The molecule has 0 saturated carbocycles. The fourth-order valence-electron chi connectivity index (χ4n) is 2.72. The van der Waals surface area contributed by atoms with Gasteiger partial charge < -0.3 is 0 Å². The van der Waals surface area contributed by atoms with Gasteiger partial charge >= 0.3 is 0 Å². The van der Waals surface area contributed by atoms with Crippen molar-refractivity contribution in [3.63, 3.8) is 0 Å². The summed E-state index contributed by atoms with van der Waals surface area (Å²) in [6.07, 6.45) is 6.60. The summed E-state index contributed by atoms with van der Waals surface area (Å²) in [7, 11) is -3.44. The third-order valence-corrected chi connectivity index (χ3v) is 7.53. The van der Waals surface area contributed by atoms with Crippen molar-refractivity contribution >= 4 is 37.7 Å². The van der Waals surface area contributed by atoms with E-state index < -0.39 is 16.1 Å². The number of aromatic nitrogens is 3. The van der Waals surface area contributed by atoms with Gasteiger partial charge in [0, 0.05) is 30.7 Å². The average Bonchev–Trinajstić information content (AvgIpc) is 3.27. The lowest BCUT2D eigenvalue weighted by atomic mass is 10.1. The van der Waals surface area contributed by atoms with E-state index in [9.17, 15) is 13.3 Å². The molecule has 0 fully saturated rings. The monoisotopic (exact) mass is 407 g/mol. The third-order valence-electron chi connectivity index (χ3n) is 3.93. The lowest BCUT2D eigenvalue weighted by Gasteiger charge is -2.27. The van der Waals surface area contributed by atoms with Crippen LogP contribution in [0.3, 0.4) is 0 Å². The Morgan fingerprint density at radius 1 is 1.27 bits per heavy atom. The van der Waals surface area contributed by atoms with Crippen molar-refractivity contribution in [3.8, 4) is 20.5 Å². The standard InChI is InChI=1S/C15H13N5O3S3/c1-26(22,23)20-6-4-10(19-21)12-15(20)25-14(18-12)11-8-17-13(24-11)9-3-2-5-16-7-9/h2-3,5,7-8,10H,4,6H2,1H3. The van der Waals surface area contributed by atoms with Gasteiger partial charge in [-0.25, -0.2) is 18.4 Å². The van der Waals surface area contributed by atoms with Crippen molar-refractivity contribution < 1.29 is 8.42 Å². The van der Waals surface area contributed by atoms with Crippen molar-refractivity contribution in [3.05, 3.63) is 41.3 Å². The third kappa shape index (κ3) is 3.02. The summed E-state index contributed by atoms with van der Waals surface area (Å²) in [6, 6.07) is 3.13. The van der Waals surface area contributed by atoms with E-state index in [1.54, 1.807) is 18.6 Å². The van der Waals surface area contributed by atoms with Crippen LogP contribution in [0.1, 0.15) is 18.2 Å². The number of hydrogen-bond acceptors (Lipinski definition) is 9. The molecule has 8 nitrogen and oxygen atoms in total. The first kappa shape index (κ1) is 17.2. The molecule has 0 amide bonds. The van der Waals surface area contributed by atoms with Gasteiger partial charge in [0.1, 0.15) is 26.8 Å². The maximum absolute atomic E-state index is 12.1. The molecule has 1 atom stereocenters. The second-order valence-electron chi connectivity index (χ2n) is 5.73. The second-order valence-corrected chi connectivity index (χ2v) is 9.64. The highest BCUT2D eigenvalue weighted by atomic mass is 32.2. The van der Waals surface area contributed by atoms with Gasteiger partial charge in [-0.05, 0) is 18.6 Å². The van der Waals surface area contributed by atoms with E-state index in [-0.39, 0.29) is 6.54 Å². The minimum Gasteiger partial charge on any atom is -0.264 e. The van der Waals surface area contributed by atoms with Gasteiger partial charge in [-0.1, -0.05) is 16.5 Å². The van der Waals surface area contributed by atoms with Crippen molar-refractivity contribution in [2.75, 3.05) is 17.1 Å². The van der Waals surface area contributed by atoms with Crippen molar-refractivity contribution in [1.29, 1.82) is 0 Å². The molecule has 3 aromatic rings. The largest absolute Gasteiger partial charge is 0.264 e. The molecule has 134 valence electrons. The quantitative estimate of drug-likeness (QED) is 0.614. The molecule has 1 aliphatic rings. The Hall–Kier alpha value is -2.24. The number of nitroso groups, excluding NO2 is 1. The number of rotatable bonds is 4. The Morgan fingerprint density at radius 3 is 2.81 bits per heavy atom. The number of anilines is 1. The maximum Gasteiger partial charge on any atom is 0.232 e. The zero-order valence-corrected chi connectivity index (χ0v) is 16.0. The Kier molecular flexibility index (Phi) is 4.29. The zero-order chi connectivity index (χ0) is 18.3. The molecular weight excluding hydrogens is 394 g/mol. The topological polar surface area (TPSA) is 105 Å². The summed E-state index contributed by atoms with van der Waals surface area (Å²) >= 11 is 2.68. The molecule has 3 aromatic heterocycles. The lowest BCUT2D eigenvalue weighted by molar-refractivity contribution is 0.576. The number of fused-ring (bicyclic) bond motifs is 1. The average molecular weight is 408 g/mol. The van der Waals surface area contributed by atoms with Crippen molar-refractivity contribution in [2.24, 2.45) is 5.18 Å². The first-order chi connectivity index (χ1) is 12.5. The normalized spacial score (nSPS) is 17.1. The molecule has 4 heterocycles. The van der Waals surface area contributed by atoms with E-state index in [2.05, 4.69) is 20.1 Å². The van der Waals surface area contributed by atoms with Gasteiger partial charge in [-0.3, -0.25) is 9.29 Å². The van der Waals surface area contributed by atoms with Crippen LogP contribution in [-0.2, 0) is 10.0 Å². The highest BCUT2D eigenvalue weighted by Gasteiger charge is 2.35. The fourth-order valence-corrected chi connectivity index (χ4v) is 6.07. The molecule has 1 aliphatic heterocycles. The number of thiazole rings is 2. The molecule has 11 heteroatoms. The van der Waals surface area contributed by atoms with Crippen LogP contribution in [0.25, 0.3) is 20.5 Å². The van der Waals surface area contributed by atoms with Crippen LogP contribution in [0, 0.1) is 4.91 Å². The van der Waals surface area contributed by atoms with Gasteiger partial charge in [0.05, 0.1) is 11.1 Å². The van der Waals surface area contributed by atoms with Crippen LogP contribution >= 0.6 is 22.7 Å². The van der Waals surface area contributed by atoms with E-state index >= 15 is 0 Å². The summed E-state index contributed by atoms with van der Waals surface area (Å²) in [6.45, 7) is 0.230. The summed E-state index contributed by atoms with van der Waals surface area (Å²) < 4.78 is 25.4. The molecule has 4 rings (SSSR count). The number of hydrogen-bond donors (Lipinski definition) is 0. The van der Waals surface area contributed by atoms with Crippen LogP contribution in [0.4, 0.5) is 5.00 Å². The maximum atomic E-state index is 12.1. The van der Waals surface area contributed by atoms with E-state index in [1.807, 2.05) is 12.1 Å². The Balaban J connectivity index is 1.77. The Labute approximate surface area is 157 Å². The summed E-state index contributed by atoms with van der Waals surface area (Å²) in [5.41, 5.74) is 1.32. The molecule has 0 saturated heterocycles. The number of pyridine rings is 1. The van der Waals surface area contributed by atoms with Gasteiger partial charge in [0.2, 0.25) is 10.0 Å². The summed E-state index contributed by atoms with van der Waals surface area (Å²) in [5.74, 6) is 0. The lowest BCUT2D eigenvalue weighted by Crippen LogP contribution is -2.34. The Bertz CT molecular complexity index is 1060. The summed E-state index contributed by atoms with van der Waals surface area (Å²) in [4.78, 5) is 25.0. The number of sulfonamides is 1. The van der Waals surface area contributed by atoms with Crippen LogP contribution in [-0.4, -0.2) is 36.2 Å². The minimum absolute atomic E-state index is 0.230. The van der Waals surface area contributed by atoms with Crippen LogP contribution in [0.5, 0.6) is 0 Å². The molecule has 26 heavy (non-hydrogen) atoms. The van der Waals surface area contributed by atoms with Gasteiger partial charge in [-0.2, -0.15) is 4.91 Å². The predicted octanol–water partition coefficient (Wildman–Crippen LogP) is 3.31. The van der Waals surface area contributed by atoms with Gasteiger partial charge in [0.15, 0.2) is 0 Å². The van der Waals surface area contributed by atoms with E-state index in [1.165, 1.54) is 27.0 Å². The van der Waals surface area contributed by atoms with E-state index in [0.29, 0.717) is 22.1 Å². The fraction of sp³-hybridized carbons (Fsp3) is 0.267. The first-order valence-electron chi connectivity index (χ1n) is 7.65. The molecule has 0 N–H and O–H groups in total. The zero-order valence-electron chi connectivity index (χ0n) is 13.6. The van der Waals surface area contributed by atoms with E-state index in [0.717, 1.165) is 21.7 Å². The highest BCUT2D eigenvalue weighted by molar-refractivity contribution is 7.92. The first-order valence-corrected chi connectivity index (χ1v) is 11.1. The molecule has 1 unspecified atom stereocenters. The second kappa shape index (κ2) is 6.49. The number of nitrogens with zero attached hydrogens (tertiary/aromatic N) is 5. The smallest absolute Gasteiger partial charge is 0.232 e.